The van der Waals surface area contributed by atoms with Crippen molar-refractivity contribution in [2.75, 3.05) is 6.61 Å². The van der Waals surface area contributed by atoms with Gasteiger partial charge in [0.2, 0.25) is 5.89 Å². The Hall–Kier alpha value is -4.97. The molecule has 200 valence electrons. The number of hydrogen-bond acceptors (Lipinski definition) is 5. The largest absolute Gasteiger partial charge is 0.493 e. The first-order valence-electron chi connectivity index (χ1n) is 13.2. The van der Waals surface area contributed by atoms with Gasteiger partial charge in [-0.05, 0) is 48.2 Å². The smallest absolute Gasteiger partial charge is 0.307 e. The summed E-state index contributed by atoms with van der Waals surface area (Å²) in [5.74, 6) is -0.405. The fourth-order valence-corrected chi connectivity index (χ4v) is 4.59. The van der Waals surface area contributed by atoms with Crippen molar-refractivity contribution in [1.29, 1.82) is 0 Å². The highest BCUT2D eigenvalue weighted by Crippen LogP contribution is 2.23. The van der Waals surface area contributed by atoms with Crippen molar-refractivity contribution in [3.63, 3.8) is 0 Å². The Labute approximate surface area is 232 Å². The van der Waals surface area contributed by atoms with Gasteiger partial charge in [-0.25, -0.2) is 4.98 Å². The summed E-state index contributed by atoms with van der Waals surface area (Å²) < 4.78 is 11.5. The third-order valence-corrected chi connectivity index (χ3v) is 6.72. The predicted octanol–water partition coefficient (Wildman–Crippen LogP) is 6.68. The number of hydrogen-bond donors (Lipinski definition) is 1. The molecule has 0 aliphatic rings. The molecule has 5 rings (SSSR count). The Balaban J connectivity index is 1.18. The molecule has 0 radical (unpaired) electrons. The molecule has 1 N–H and O–H groups in total. The van der Waals surface area contributed by atoms with Crippen LogP contribution in [0.5, 0.6) is 5.75 Å². The zero-order chi connectivity index (χ0) is 27.7. The van der Waals surface area contributed by atoms with E-state index >= 15 is 0 Å². The number of oxazole rings is 1. The maximum absolute atomic E-state index is 13.1. The number of rotatable bonds is 12. The maximum Gasteiger partial charge on any atom is 0.307 e. The van der Waals surface area contributed by atoms with Gasteiger partial charge in [0.05, 0.1) is 18.2 Å². The molecule has 4 aromatic carbocycles. The van der Waals surface area contributed by atoms with Crippen molar-refractivity contribution < 1.29 is 23.8 Å². The number of nitrogens with zero attached hydrogens (tertiary/aromatic N) is 1. The maximum atomic E-state index is 13.1. The van der Waals surface area contributed by atoms with Crippen LogP contribution in [0.25, 0.3) is 11.5 Å². The van der Waals surface area contributed by atoms with Crippen LogP contribution >= 0.6 is 0 Å². The number of carbonyl (C=O) groups is 2. The van der Waals surface area contributed by atoms with E-state index < -0.39 is 11.9 Å². The average molecular weight is 532 g/mol. The standard InChI is InChI=1S/C34H29NO5/c36-32(25-9-3-1-4-10-25)31-14-8-7-13-27(31)22-28(34(37)38)21-24-15-17-30(18-16-24)39-20-19-29-23-40-33(35-29)26-11-5-2-6-12-26/h1-18,23,28H,19-22H2,(H,37,38)/t28-/m1/s1. The molecule has 0 amide bonds. The molecule has 1 aromatic heterocycles. The van der Waals surface area contributed by atoms with Gasteiger partial charge in [-0.2, -0.15) is 0 Å². The Morgan fingerprint density at radius 3 is 2.20 bits per heavy atom. The predicted molar refractivity (Wildman–Crippen MR) is 152 cm³/mol. The van der Waals surface area contributed by atoms with Crippen LogP contribution in [0.1, 0.15) is 32.7 Å². The number of ketones is 1. The molecular weight excluding hydrogens is 502 g/mol. The summed E-state index contributed by atoms with van der Waals surface area (Å²) in [6.07, 6.45) is 2.84. The topological polar surface area (TPSA) is 89.6 Å². The second kappa shape index (κ2) is 12.7. The van der Waals surface area contributed by atoms with Gasteiger partial charge in [0, 0.05) is 23.1 Å². The van der Waals surface area contributed by atoms with E-state index in [1.54, 1.807) is 30.5 Å². The van der Waals surface area contributed by atoms with E-state index in [0.717, 1.165) is 22.4 Å². The van der Waals surface area contributed by atoms with E-state index in [1.807, 2.05) is 84.9 Å². The minimum absolute atomic E-state index is 0.108. The number of aliphatic carboxylic acids is 1. The van der Waals surface area contributed by atoms with Crippen molar-refractivity contribution in [2.45, 2.75) is 19.3 Å². The molecule has 0 bridgehead atoms. The number of carbonyl (C=O) groups excluding carboxylic acids is 1. The summed E-state index contributed by atoms with van der Waals surface area (Å²) in [7, 11) is 0. The fourth-order valence-electron chi connectivity index (χ4n) is 4.59. The highest BCUT2D eigenvalue weighted by molar-refractivity contribution is 6.09. The first-order valence-corrected chi connectivity index (χ1v) is 13.2. The van der Waals surface area contributed by atoms with Crippen LogP contribution in [0.3, 0.4) is 0 Å². The Morgan fingerprint density at radius 2 is 1.48 bits per heavy atom. The number of benzene rings is 4. The minimum atomic E-state index is -0.898. The van der Waals surface area contributed by atoms with Gasteiger partial charge in [0.1, 0.15) is 12.0 Å². The lowest BCUT2D eigenvalue weighted by Crippen LogP contribution is -2.20. The SMILES string of the molecule is O=C(c1ccccc1)c1ccccc1C[C@@H](Cc1ccc(OCCc2coc(-c3ccccc3)n2)cc1)C(=O)O. The zero-order valence-electron chi connectivity index (χ0n) is 21.9. The molecule has 1 heterocycles. The lowest BCUT2D eigenvalue weighted by atomic mass is 9.88. The summed E-state index contributed by atoms with van der Waals surface area (Å²) in [4.78, 5) is 29.8. The lowest BCUT2D eigenvalue weighted by Gasteiger charge is -2.16. The van der Waals surface area contributed by atoms with Gasteiger partial charge in [0.15, 0.2) is 5.78 Å². The Kier molecular flexibility index (Phi) is 8.47. The van der Waals surface area contributed by atoms with Crippen LogP contribution in [-0.2, 0) is 24.1 Å². The van der Waals surface area contributed by atoms with Gasteiger partial charge >= 0.3 is 5.97 Å². The van der Waals surface area contributed by atoms with Crippen LogP contribution in [0, 0.1) is 5.92 Å². The van der Waals surface area contributed by atoms with E-state index in [-0.39, 0.29) is 12.2 Å². The molecular formula is C34H29NO5. The van der Waals surface area contributed by atoms with E-state index in [4.69, 9.17) is 9.15 Å². The van der Waals surface area contributed by atoms with Crippen LogP contribution in [-0.4, -0.2) is 28.4 Å². The number of carboxylic acids is 1. The second-order valence-corrected chi connectivity index (χ2v) is 9.55. The molecule has 6 nitrogen and oxygen atoms in total. The monoisotopic (exact) mass is 531 g/mol. The highest BCUT2D eigenvalue weighted by Gasteiger charge is 2.22. The molecule has 0 aliphatic carbocycles. The van der Waals surface area contributed by atoms with Crippen LogP contribution in [0.4, 0.5) is 0 Å². The van der Waals surface area contributed by atoms with Crippen molar-refractivity contribution >= 4 is 11.8 Å². The summed E-state index contributed by atoms with van der Waals surface area (Å²) in [5.41, 5.74) is 4.47. The number of ether oxygens (including phenoxy) is 1. The van der Waals surface area contributed by atoms with Crippen LogP contribution in [0.2, 0.25) is 0 Å². The third kappa shape index (κ3) is 6.72. The van der Waals surface area contributed by atoms with E-state index in [9.17, 15) is 14.7 Å². The normalized spacial score (nSPS) is 11.6. The Morgan fingerprint density at radius 1 is 0.800 bits per heavy atom. The molecule has 0 saturated carbocycles. The van der Waals surface area contributed by atoms with E-state index in [2.05, 4.69) is 4.98 Å². The summed E-state index contributed by atoms with van der Waals surface area (Å²) in [5, 5.41) is 9.97. The van der Waals surface area contributed by atoms with Gasteiger partial charge in [-0.15, -0.1) is 0 Å². The fraction of sp³-hybridized carbons (Fsp3) is 0.147. The summed E-state index contributed by atoms with van der Waals surface area (Å²) in [6, 6.07) is 33.5. The van der Waals surface area contributed by atoms with Gasteiger partial charge in [0.25, 0.3) is 0 Å². The lowest BCUT2D eigenvalue weighted by molar-refractivity contribution is -0.141. The van der Waals surface area contributed by atoms with E-state index in [0.29, 0.717) is 42.2 Å². The van der Waals surface area contributed by atoms with Crippen molar-refractivity contribution in [3.8, 4) is 17.2 Å². The molecule has 0 aliphatic heterocycles. The van der Waals surface area contributed by atoms with Crippen molar-refractivity contribution in [3.05, 3.63) is 143 Å². The van der Waals surface area contributed by atoms with Crippen molar-refractivity contribution in [2.24, 2.45) is 5.92 Å². The van der Waals surface area contributed by atoms with E-state index in [1.165, 1.54) is 0 Å². The highest BCUT2D eigenvalue weighted by atomic mass is 16.5. The molecule has 0 saturated heterocycles. The molecule has 40 heavy (non-hydrogen) atoms. The van der Waals surface area contributed by atoms with Crippen LogP contribution < -0.4 is 4.74 Å². The number of carboxylic acid groups (broad SMARTS) is 1. The molecule has 0 unspecified atom stereocenters. The quantitative estimate of drug-likeness (QED) is 0.181. The van der Waals surface area contributed by atoms with Gasteiger partial charge in [-0.3, -0.25) is 9.59 Å². The average Bonchev–Trinajstić information content (AvgIpc) is 3.47. The third-order valence-electron chi connectivity index (χ3n) is 6.72. The van der Waals surface area contributed by atoms with Crippen LogP contribution in [0.15, 0.2) is 120 Å². The molecule has 6 heteroatoms. The molecule has 1 atom stereocenters. The molecule has 0 spiro atoms. The first kappa shape index (κ1) is 26.6. The van der Waals surface area contributed by atoms with Crippen molar-refractivity contribution in [1.82, 2.24) is 4.98 Å². The zero-order valence-corrected chi connectivity index (χ0v) is 21.9. The van der Waals surface area contributed by atoms with Gasteiger partial charge in [-0.1, -0.05) is 84.9 Å². The number of aromatic nitrogens is 1. The Bertz CT molecular complexity index is 1560. The summed E-state index contributed by atoms with van der Waals surface area (Å²) in [6.45, 7) is 0.435. The molecule has 5 aromatic rings. The summed E-state index contributed by atoms with van der Waals surface area (Å²) >= 11 is 0. The molecule has 0 fully saturated rings. The first-order chi connectivity index (χ1) is 19.6. The second-order valence-electron chi connectivity index (χ2n) is 9.55. The van der Waals surface area contributed by atoms with Gasteiger partial charge < -0.3 is 14.3 Å². The minimum Gasteiger partial charge on any atom is -0.493 e.